The fraction of sp³-hybridized carbons (Fsp3) is 0.533. The highest BCUT2D eigenvalue weighted by Crippen LogP contribution is 2.14. The van der Waals surface area contributed by atoms with Crippen LogP contribution in [0.4, 0.5) is 0 Å². The molecule has 116 valence electrons. The molecule has 1 amide bonds. The molecule has 0 aromatic carbocycles. The van der Waals surface area contributed by atoms with Crippen molar-refractivity contribution < 1.29 is 19.4 Å². The Labute approximate surface area is 124 Å². The van der Waals surface area contributed by atoms with E-state index in [1.165, 1.54) is 11.1 Å². The molecule has 1 N–H and O–H groups in total. The zero-order valence-corrected chi connectivity index (χ0v) is 12.7. The Morgan fingerprint density at radius 2 is 2.14 bits per heavy atom. The fourth-order valence-electron chi connectivity index (χ4n) is 1.76. The van der Waals surface area contributed by atoms with Crippen LogP contribution in [-0.4, -0.2) is 46.1 Å². The van der Waals surface area contributed by atoms with Gasteiger partial charge in [0.2, 0.25) is 5.88 Å². The first-order valence-corrected chi connectivity index (χ1v) is 7.11. The van der Waals surface area contributed by atoms with Gasteiger partial charge in [-0.15, -0.1) is 0 Å². The first kappa shape index (κ1) is 16.9. The molecular formula is C15H22N2O4. The van der Waals surface area contributed by atoms with Crippen molar-refractivity contribution >= 4 is 11.9 Å². The van der Waals surface area contributed by atoms with Crippen LogP contribution in [0, 0.1) is 0 Å². The van der Waals surface area contributed by atoms with Crippen LogP contribution in [-0.2, 0) is 4.79 Å². The Balaban J connectivity index is 2.89. The highest BCUT2D eigenvalue weighted by molar-refractivity contribution is 5.96. The van der Waals surface area contributed by atoms with Crippen LogP contribution in [0.15, 0.2) is 18.3 Å². The second kappa shape index (κ2) is 8.24. The van der Waals surface area contributed by atoms with E-state index in [4.69, 9.17) is 9.84 Å². The Hall–Kier alpha value is -2.11. The summed E-state index contributed by atoms with van der Waals surface area (Å²) in [5.41, 5.74) is 0.387. The van der Waals surface area contributed by atoms with Gasteiger partial charge in [0.15, 0.2) is 0 Å². The van der Waals surface area contributed by atoms with E-state index in [0.717, 1.165) is 6.42 Å². The Morgan fingerprint density at radius 1 is 1.43 bits per heavy atom. The largest absolute Gasteiger partial charge is 0.480 e. The summed E-state index contributed by atoms with van der Waals surface area (Å²) in [6.07, 6.45) is 3.03. The van der Waals surface area contributed by atoms with Crippen molar-refractivity contribution in [1.29, 1.82) is 0 Å². The van der Waals surface area contributed by atoms with Gasteiger partial charge < -0.3 is 14.7 Å². The van der Waals surface area contributed by atoms with Gasteiger partial charge in [-0.3, -0.25) is 9.59 Å². The van der Waals surface area contributed by atoms with Gasteiger partial charge in [0.05, 0.1) is 6.10 Å². The number of rotatable bonds is 8. The smallest absolute Gasteiger partial charge is 0.323 e. The summed E-state index contributed by atoms with van der Waals surface area (Å²) in [6.45, 7) is 5.90. The molecule has 1 aromatic rings. The zero-order chi connectivity index (χ0) is 15.8. The number of nitrogens with zero attached hydrogens (tertiary/aromatic N) is 2. The molecule has 6 nitrogen and oxygen atoms in total. The SMILES string of the molecule is CCCN(CC(=O)O)C(=O)c1ccnc(OC(C)CC)c1. The number of carboxylic acid groups (broad SMARTS) is 1. The predicted octanol–water partition coefficient (Wildman–Crippen LogP) is 2.20. The lowest BCUT2D eigenvalue weighted by Gasteiger charge is -2.20. The van der Waals surface area contributed by atoms with Gasteiger partial charge in [0.1, 0.15) is 6.54 Å². The summed E-state index contributed by atoms with van der Waals surface area (Å²) in [4.78, 5) is 28.6. The van der Waals surface area contributed by atoms with E-state index in [2.05, 4.69) is 4.98 Å². The topological polar surface area (TPSA) is 79.7 Å². The first-order chi connectivity index (χ1) is 9.97. The van der Waals surface area contributed by atoms with Gasteiger partial charge in [-0.1, -0.05) is 13.8 Å². The highest BCUT2D eigenvalue weighted by Gasteiger charge is 2.18. The van der Waals surface area contributed by atoms with Crippen molar-refractivity contribution in [2.45, 2.75) is 39.7 Å². The summed E-state index contributed by atoms with van der Waals surface area (Å²) in [5.74, 6) is -0.973. The molecule has 1 heterocycles. The van der Waals surface area contributed by atoms with Crippen molar-refractivity contribution in [3.8, 4) is 5.88 Å². The molecule has 0 fully saturated rings. The summed E-state index contributed by atoms with van der Waals surface area (Å²) >= 11 is 0. The lowest BCUT2D eigenvalue weighted by atomic mass is 10.2. The number of ether oxygens (including phenoxy) is 1. The highest BCUT2D eigenvalue weighted by atomic mass is 16.5. The number of aromatic nitrogens is 1. The summed E-state index contributed by atoms with van der Waals surface area (Å²) in [6, 6.07) is 3.12. The van der Waals surface area contributed by atoms with Crippen LogP contribution in [0.2, 0.25) is 0 Å². The third-order valence-electron chi connectivity index (χ3n) is 2.99. The average molecular weight is 294 g/mol. The van der Waals surface area contributed by atoms with Crippen LogP contribution in [0.5, 0.6) is 5.88 Å². The average Bonchev–Trinajstić information content (AvgIpc) is 2.45. The molecular weight excluding hydrogens is 272 g/mol. The molecule has 1 atom stereocenters. The van der Waals surface area contributed by atoms with Gasteiger partial charge in [-0.2, -0.15) is 0 Å². The minimum atomic E-state index is -1.03. The molecule has 1 unspecified atom stereocenters. The van der Waals surface area contributed by atoms with Crippen molar-refractivity contribution in [2.75, 3.05) is 13.1 Å². The van der Waals surface area contributed by atoms with Crippen LogP contribution in [0.3, 0.4) is 0 Å². The third kappa shape index (κ3) is 5.41. The molecule has 21 heavy (non-hydrogen) atoms. The Morgan fingerprint density at radius 3 is 2.71 bits per heavy atom. The number of carbonyl (C=O) groups excluding carboxylic acids is 1. The molecule has 0 radical (unpaired) electrons. The number of carboxylic acids is 1. The molecule has 6 heteroatoms. The predicted molar refractivity (Wildman–Crippen MR) is 78.4 cm³/mol. The van der Waals surface area contributed by atoms with Gasteiger partial charge in [0, 0.05) is 24.4 Å². The Kier molecular flexibility index (Phi) is 6.65. The molecule has 1 rings (SSSR count). The van der Waals surface area contributed by atoms with E-state index >= 15 is 0 Å². The summed E-state index contributed by atoms with van der Waals surface area (Å²) in [7, 11) is 0. The van der Waals surface area contributed by atoms with Crippen LogP contribution in [0.25, 0.3) is 0 Å². The van der Waals surface area contributed by atoms with E-state index in [9.17, 15) is 9.59 Å². The second-order valence-electron chi connectivity index (χ2n) is 4.84. The number of aliphatic carboxylic acids is 1. The van der Waals surface area contributed by atoms with E-state index in [1.807, 2.05) is 20.8 Å². The van der Waals surface area contributed by atoms with E-state index in [0.29, 0.717) is 24.4 Å². The molecule has 0 aliphatic heterocycles. The number of hydrogen-bond donors (Lipinski definition) is 1. The molecule has 0 spiro atoms. The van der Waals surface area contributed by atoms with Gasteiger partial charge in [0.25, 0.3) is 5.91 Å². The minimum Gasteiger partial charge on any atom is -0.480 e. The number of hydrogen-bond acceptors (Lipinski definition) is 4. The monoisotopic (exact) mass is 294 g/mol. The van der Waals surface area contributed by atoms with Crippen molar-refractivity contribution in [1.82, 2.24) is 9.88 Å². The van der Waals surface area contributed by atoms with Crippen molar-refractivity contribution in [2.24, 2.45) is 0 Å². The van der Waals surface area contributed by atoms with E-state index < -0.39 is 5.97 Å². The molecule has 0 bridgehead atoms. The lowest BCUT2D eigenvalue weighted by Crippen LogP contribution is -2.36. The van der Waals surface area contributed by atoms with Crippen LogP contribution in [0.1, 0.15) is 44.0 Å². The van der Waals surface area contributed by atoms with Crippen molar-refractivity contribution in [3.05, 3.63) is 23.9 Å². The maximum absolute atomic E-state index is 12.4. The Bertz CT molecular complexity index is 490. The van der Waals surface area contributed by atoms with Crippen molar-refractivity contribution in [3.63, 3.8) is 0 Å². The molecule has 0 saturated carbocycles. The summed E-state index contributed by atoms with van der Waals surface area (Å²) < 4.78 is 5.58. The number of pyridine rings is 1. The maximum atomic E-state index is 12.4. The van der Waals surface area contributed by atoms with Gasteiger partial charge in [-0.25, -0.2) is 4.98 Å². The van der Waals surface area contributed by atoms with Gasteiger partial charge >= 0.3 is 5.97 Å². The van der Waals surface area contributed by atoms with Gasteiger partial charge in [-0.05, 0) is 25.8 Å². The molecule has 0 aliphatic rings. The molecule has 0 aliphatic carbocycles. The van der Waals surface area contributed by atoms with Crippen LogP contribution >= 0.6 is 0 Å². The number of carbonyl (C=O) groups is 2. The summed E-state index contributed by atoms with van der Waals surface area (Å²) in [5, 5.41) is 8.88. The third-order valence-corrected chi connectivity index (χ3v) is 2.99. The molecule has 0 saturated heterocycles. The normalized spacial score (nSPS) is 11.8. The fourth-order valence-corrected chi connectivity index (χ4v) is 1.76. The minimum absolute atomic E-state index is 0.00798. The van der Waals surface area contributed by atoms with Crippen LogP contribution < -0.4 is 4.74 Å². The number of amides is 1. The quantitative estimate of drug-likeness (QED) is 0.795. The maximum Gasteiger partial charge on any atom is 0.323 e. The van der Waals surface area contributed by atoms with E-state index in [1.54, 1.807) is 12.1 Å². The second-order valence-corrected chi connectivity index (χ2v) is 4.84. The zero-order valence-electron chi connectivity index (χ0n) is 12.7. The molecule has 1 aromatic heterocycles. The standard InChI is InChI=1S/C15H22N2O4/c1-4-8-17(10-14(18)19)15(20)12-6-7-16-13(9-12)21-11(3)5-2/h6-7,9,11H,4-5,8,10H2,1-3H3,(H,18,19). The lowest BCUT2D eigenvalue weighted by molar-refractivity contribution is -0.137. The van der Waals surface area contributed by atoms with E-state index in [-0.39, 0.29) is 18.6 Å². The first-order valence-electron chi connectivity index (χ1n) is 7.11.